The molecule has 1 saturated carbocycles. The molecule has 0 amide bonds. The molecule has 0 spiro atoms. The van der Waals surface area contributed by atoms with Gasteiger partial charge in [-0.25, -0.2) is 0 Å². The molecular weight excluding hydrogens is 232 g/mol. The predicted octanol–water partition coefficient (Wildman–Crippen LogP) is 3.35. The third kappa shape index (κ3) is 6.67. The van der Waals surface area contributed by atoms with E-state index in [1.807, 2.05) is 26.0 Å². The molecule has 1 fully saturated rings. The van der Waals surface area contributed by atoms with Gasteiger partial charge in [0.25, 0.3) is 0 Å². The zero-order valence-corrected chi connectivity index (χ0v) is 11.3. The average Bonchev–Trinajstić information content (AvgIpc) is 2.41. The maximum Gasteiger partial charge on any atom is 0.188 e. The summed E-state index contributed by atoms with van der Waals surface area (Å²) in [5.74, 6) is 0. The Bertz CT molecular complexity index is 216. The lowest BCUT2D eigenvalue weighted by molar-refractivity contribution is -0.108. The van der Waals surface area contributed by atoms with Crippen molar-refractivity contribution in [2.75, 3.05) is 13.6 Å². The van der Waals surface area contributed by atoms with Crippen molar-refractivity contribution >= 4 is 0 Å². The van der Waals surface area contributed by atoms with Crippen molar-refractivity contribution in [2.45, 2.75) is 51.7 Å². The van der Waals surface area contributed by atoms with Crippen molar-refractivity contribution < 1.29 is 18.9 Å². The molecule has 0 aromatic carbocycles. The lowest BCUT2D eigenvalue weighted by atomic mass is 9.95. The molecule has 0 bridgehead atoms. The van der Waals surface area contributed by atoms with Crippen molar-refractivity contribution in [3.05, 3.63) is 24.7 Å². The lowest BCUT2D eigenvalue weighted by Gasteiger charge is -2.28. The maximum absolute atomic E-state index is 5.60. The molecule has 1 aliphatic rings. The summed E-state index contributed by atoms with van der Waals surface area (Å²) in [6.07, 6.45) is 11.7. The first kappa shape index (κ1) is 15.1. The maximum atomic E-state index is 5.60. The first-order chi connectivity index (χ1) is 8.86. The summed E-state index contributed by atoms with van der Waals surface area (Å²) in [7, 11) is 0. The minimum absolute atomic E-state index is 0.298. The summed E-state index contributed by atoms with van der Waals surface area (Å²) >= 11 is 0. The van der Waals surface area contributed by atoms with Crippen LogP contribution in [0, 0.1) is 0 Å². The number of rotatable bonds is 8. The molecule has 0 heterocycles. The topological polar surface area (TPSA) is 36.9 Å². The molecule has 0 aliphatic heterocycles. The highest BCUT2D eigenvalue weighted by Gasteiger charge is 2.22. The van der Waals surface area contributed by atoms with E-state index in [9.17, 15) is 0 Å². The van der Waals surface area contributed by atoms with Crippen LogP contribution in [-0.2, 0) is 18.9 Å². The van der Waals surface area contributed by atoms with E-state index in [-0.39, 0.29) is 0 Å². The van der Waals surface area contributed by atoms with E-state index in [2.05, 4.69) is 0 Å². The summed E-state index contributed by atoms with van der Waals surface area (Å²) in [5, 5.41) is 0. The second-order valence-corrected chi connectivity index (χ2v) is 4.24. The third-order valence-electron chi connectivity index (χ3n) is 2.83. The average molecular weight is 256 g/mol. The van der Waals surface area contributed by atoms with Crippen molar-refractivity contribution in [2.24, 2.45) is 0 Å². The molecule has 18 heavy (non-hydrogen) atoms. The molecule has 1 aliphatic carbocycles. The Hall–Kier alpha value is -1.00. The van der Waals surface area contributed by atoms with Crippen molar-refractivity contribution in [1.82, 2.24) is 0 Å². The molecule has 0 aromatic heterocycles. The number of hydrogen-bond acceptors (Lipinski definition) is 4. The fourth-order valence-corrected chi connectivity index (χ4v) is 1.91. The Balaban J connectivity index is 2.02. The van der Waals surface area contributed by atoms with E-state index in [0.29, 0.717) is 25.8 Å². The summed E-state index contributed by atoms with van der Waals surface area (Å²) in [5.41, 5.74) is 0. The fourth-order valence-electron chi connectivity index (χ4n) is 1.91. The SMILES string of the molecule is CC=COCOC1CCC(OCOC=CC)CC1. The minimum atomic E-state index is 0.298. The third-order valence-corrected chi connectivity index (χ3v) is 2.83. The summed E-state index contributed by atoms with van der Waals surface area (Å²) in [6, 6.07) is 0. The van der Waals surface area contributed by atoms with E-state index >= 15 is 0 Å². The summed E-state index contributed by atoms with van der Waals surface area (Å²) in [4.78, 5) is 0. The van der Waals surface area contributed by atoms with E-state index in [1.165, 1.54) is 0 Å². The molecule has 4 heteroatoms. The van der Waals surface area contributed by atoms with Crippen LogP contribution in [0.2, 0.25) is 0 Å². The van der Waals surface area contributed by atoms with Crippen LogP contribution in [0.25, 0.3) is 0 Å². The Morgan fingerprint density at radius 2 is 1.17 bits per heavy atom. The first-order valence-corrected chi connectivity index (χ1v) is 6.55. The highest BCUT2D eigenvalue weighted by molar-refractivity contribution is 4.73. The van der Waals surface area contributed by atoms with Crippen molar-refractivity contribution in [3.8, 4) is 0 Å². The van der Waals surface area contributed by atoms with Crippen LogP contribution in [0.5, 0.6) is 0 Å². The second-order valence-electron chi connectivity index (χ2n) is 4.24. The Labute approximate surface area is 110 Å². The predicted molar refractivity (Wildman–Crippen MR) is 69.7 cm³/mol. The largest absolute Gasteiger partial charge is 0.475 e. The fraction of sp³-hybridized carbons (Fsp3) is 0.714. The van der Waals surface area contributed by atoms with E-state index in [1.54, 1.807) is 12.5 Å². The van der Waals surface area contributed by atoms with Gasteiger partial charge in [0.2, 0.25) is 0 Å². The molecule has 104 valence electrons. The molecule has 0 N–H and O–H groups in total. The Kier molecular flexibility index (Phi) is 8.34. The number of hydrogen-bond donors (Lipinski definition) is 0. The Morgan fingerprint density at radius 1 is 0.778 bits per heavy atom. The van der Waals surface area contributed by atoms with Crippen LogP contribution in [0.15, 0.2) is 24.7 Å². The van der Waals surface area contributed by atoms with Gasteiger partial charge in [0.05, 0.1) is 24.7 Å². The summed E-state index contributed by atoms with van der Waals surface area (Å²) < 4.78 is 21.5. The normalized spacial score (nSPS) is 24.8. The van der Waals surface area contributed by atoms with Gasteiger partial charge in [0.15, 0.2) is 13.6 Å². The van der Waals surface area contributed by atoms with Crippen LogP contribution in [0.4, 0.5) is 0 Å². The van der Waals surface area contributed by atoms with Gasteiger partial charge >= 0.3 is 0 Å². The molecule has 1 rings (SSSR count). The van der Waals surface area contributed by atoms with Gasteiger partial charge in [-0.05, 0) is 39.5 Å². The van der Waals surface area contributed by atoms with Gasteiger partial charge in [-0.2, -0.15) is 0 Å². The molecule has 0 unspecified atom stereocenters. The van der Waals surface area contributed by atoms with E-state index < -0.39 is 0 Å². The van der Waals surface area contributed by atoms with Crippen LogP contribution < -0.4 is 0 Å². The van der Waals surface area contributed by atoms with Crippen LogP contribution in [-0.4, -0.2) is 25.8 Å². The lowest BCUT2D eigenvalue weighted by Crippen LogP contribution is -2.27. The zero-order valence-electron chi connectivity index (χ0n) is 11.3. The van der Waals surface area contributed by atoms with Gasteiger partial charge in [-0.1, -0.05) is 12.2 Å². The first-order valence-electron chi connectivity index (χ1n) is 6.55. The summed E-state index contributed by atoms with van der Waals surface area (Å²) in [6.45, 7) is 4.51. The molecule has 0 aromatic rings. The monoisotopic (exact) mass is 256 g/mol. The number of ether oxygens (including phenoxy) is 4. The zero-order chi connectivity index (χ0) is 13.1. The van der Waals surface area contributed by atoms with Gasteiger partial charge in [-0.15, -0.1) is 0 Å². The van der Waals surface area contributed by atoms with Gasteiger partial charge in [-0.3, -0.25) is 0 Å². The van der Waals surface area contributed by atoms with Crippen molar-refractivity contribution in [3.63, 3.8) is 0 Å². The molecule has 0 saturated heterocycles. The van der Waals surface area contributed by atoms with Gasteiger partial charge in [0.1, 0.15) is 0 Å². The van der Waals surface area contributed by atoms with Crippen LogP contribution >= 0.6 is 0 Å². The molecule has 0 atom stereocenters. The Morgan fingerprint density at radius 3 is 1.50 bits per heavy atom. The van der Waals surface area contributed by atoms with E-state index in [0.717, 1.165) is 25.7 Å². The highest BCUT2D eigenvalue weighted by Crippen LogP contribution is 2.23. The standard InChI is InChI=1S/C14H24O4/c1-3-9-15-11-17-13-5-7-14(8-6-13)18-12-16-10-4-2/h3-4,9-10,13-14H,5-8,11-12H2,1-2H3. The molecular formula is C14H24O4. The molecule has 0 radical (unpaired) electrons. The van der Waals surface area contributed by atoms with Gasteiger partial charge < -0.3 is 18.9 Å². The second kappa shape index (κ2) is 9.97. The van der Waals surface area contributed by atoms with Crippen LogP contribution in [0.1, 0.15) is 39.5 Å². The minimum Gasteiger partial charge on any atom is -0.475 e. The quantitative estimate of drug-likeness (QED) is 0.379. The molecule has 4 nitrogen and oxygen atoms in total. The highest BCUT2D eigenvalue weighted by atomic mass is 16.7. The van der Waals surface area contributed by atoms with Crippen molar-refractivity contribution in [1.29, 1.82) is 0 Å². The number of allylic oxidation sites excluding steroid dienone is 2. The van der Waals surface area contributed by atoms with Gasteiger partial charge in [0, 0.05) is 0 Å². The smallest absolute Gasteiger partial charge is 0.188 e. The van der Waals surface area contributed by atoms with E-state index in [4.69, 9.17) is 18.9 Å². The van der Waals surface area contributed by atoms with Crippen LogP contribution in [0.3, 0.4) is 0 Å².